The summed E-state index contributed by atoms with van der Waals surface area (Å²) in [5.41, 5.74) is 10.6. The summed E-state index contributed by atoms with van der Waals surface area (Å²) in [6.07, 6.45) is 4.48. The minimum Gasteiger partial charge on any atom is -1.00 e. The van der Waals surface area contributed by atoms with Gasteiger partial charge in [0.2, 0.25) is 0 Å². The minimum atomic E-state index is 0. The minimum absolute atomic E-state index is 0. The van der Waals surface area contributed by atoms with E-state index in [0.29, 0.717) is 0 Å². The summed E-state index contributed by atoms with van der Waals surface area (Å²) in [5, 5.41) is 6.18. The van der Waals surface area contributed by atoms with Crippen molar-refractivity contribution in [1.29, 1.82) is 0 Å². The molecular formula is C33H36ClN3. The van der Waals surface area contributed by atoms with E-state index in [-0.39, 0.29) is 12.4 Å². The van der Waals surface area contributed by atoms with Crippen LogP contribution in [0.4, 0.5) is 17.1 Å². The van der Waals surface area contributed by atoms with Gasteiger partial charge in [0.25, 0.3) is 0 Å². The molecule has 1 saturated carbocycles. The van der Waals surface area contributed by atoms with Gasteiger partial charge in [0.1, 0.15) is 14.1 Å². The molecule has 0 spiro atoms. The van der Waals surface area contributed by atoms with Crippen molar-refractivity contribution in [2.45, 2.75) is 25.7 Å². The summed E-state index contributed by atoms with van der Waals surface area (Å²) < 4.78 is 2.31. The monoisotopic (exact) mass is 509 g/mol. The first-order chi connectivity index (χ1) is 17.5. The van der Waals surface area contributed by atoms with Gasteiger partial charge in [0.05, 0.1) is 0 Å². The van der Waals surface area contributed by atoms with Crippen LogP contribution in [0, 0.1) is 0 Å². The highest BCUT2D eigenvalue weighted by atomic mass is 35.5. The number of nitrogens with one attached hydrogen (secondary N) is 1. The average molecular weight is 510 g/mol. The Morgan fingerprint density at radius 2 is 1.32 bits per heavy atom. The Labute approximate surface area is 227 Å². The van der Waals surface area contributed by atoms with Gasteiger partial charge in [-0.2, -0.15) is 0 Å². The first-order valence-corrected chi connectivity index (χ1v) is 12.9. The summed E-state index contributed by atoms with van der Waals surface area (Å²) in [6.45, 7) is 0. The van der Waals surface area contributed by atoms with E-state index >= 15 is 0 Å². The highest BCUT2D eigenvalue weighted by molar-refractivity contribution is 6.05. The topological polar surface area (TPSA) is 18.3 Å². The van der Waals surface area contributed by atoms with Gasteiger partial charge >= 0.3 is 0 Å². The highest BCUT2D eigenvalue weighted by Crippen LogP contribution is 2.40. The lowest BCUT2D eigenvalue weighted by Gasteiger charge is -2.23. The molecule has 0 heterocycles. The quantitative estimate of drug-likeness (QED) is 0.392. The van der Waals surface area contributed by atoms with E-state index in [1.165, 1.54) is 33.2 Å². The van der Waals surface area contributed by atoms with Gasteiger partial charge in [-0.25, -0.2) is 4.58 Å². The zero-order chi connectivity index (χ0) is 25.1. The normalized spacial score (nSPS) is 13.2. The summed E-state index contributed by atoms with van der Waals surface area (Å²) >= 11 is 0. The molecule has 1 fully saturated rings. The number of halogens is 1. The number of hydrogen-bond donors (Lipinski definition) is 1. The molecule has 1 aliphatic rings. The standard InChI is InChI=1S/C33H36N3.ClH/c1-35(2)27-18-14-24(15-19-27)33(25-16-20-28(21-17-25)36(3)4)31-22-23-32(30-13-9-8-12-29(30)31)34-26-10-6-5-7-11-26;/h5-15,18-19,22-23,34H,16-17,20-21H2,1-4H3;1H/q+1;/p-1. The molecule has 1 N–H and O–H groups in total. The van der Waals surface area contributed by atoms with Crippen LogP contribution in [0.3, 0.4) is 0 Å². The number of anilines is 3. The van der Waals surface area contributed by atoms with Crippen molar-refractivity contribution in [3.63, 3.8) is 0 Å². The number of allylic oxidation sites excluding steroid dienone is 1. The SMILES string of the molecule is CN(C)c1ccc(C(=C2CCC(=[N+](C)C)CC2)c2ccc(Nc3ccccc3)c3ccccc23)cc1.[Cl-]. The first kappa shape index (κ1) is 26.5. The Hall–Kier alpha value is -3.56. The smallest absolute Gasteiger partial charge is 0.152 e. The maximum Gasteiger partial charge on any atom is 0.152 e. The summed E-state index contributed by atoms with van der Waals surface area (Å²) in [5.74, 6) is 0. The lowest BCUT2D eigenvalue weighted by atomic mass is 9.82. The number of fused-ring (bicyclic) bond motifs is 1. The molecule has 4 aromatic rings. The van der Waals surface area contributed by atoms with E-state index in [1.54, 1.807) is 11.3 Å². The van der Waals surface area contributed by atoms with Crippen LogP contribution in [0.15, 0.2) is 96.6 Å². The van der Waals surface area contributed by atoms with Crippen molar-refractivity contribution in [3.05, 3.63) is 108 Å². The zero-order valence-corrected chi connectivity index (χ0v) is 23.0. The molecule has 0 unspecified atom stereocenters. The third-order valence-electron chi connectivity index (χ3n) is 7.34. The Morgan fingerprint density at radius 3 is 1.95 bits per heavy atom. The van der Waals surface area contributed by atoms with Crippen LogP contribution < -0.4 is 22.6 Å². The predicted octanol–water partition coefficient (Wildman–Crippen LogP) is 4.74. The molecule has 1 aliphatic carbocycles. The Bertz CT molecular complexity index is 1420. The second kappa shape index (κ2) is 11.7. The molecule has 0 aromatic heterocycles. The van der Waals surface area contributed by atoms with Crippen molar-refractivity contribution in [1.82, 2.24) is 0 Å². The van der Waals surface area contributed by atoms with Crippen molar-refractivity contribution in [2.75, 3.05) is 38.4 Å². The number of hydrogen-bond acceptors (Lipinski definition) is 2. The van der Waals surface area contributed by atoms with Crippen LogP contribution in [0.5, 0.6) is 0 Å². The van der Waals surface area contributed by atoms with E-state index in [4.69, 9.17) is 0 Å². The van der Waals surface area contributed by atoms with E-state index < -0.39 is 0 Å². The molecule has 4 heteroatoms. The molecule has 5 rings (SSSR count). The average Bonchev–Trinajstić information content (AvgIpc) is 2.91. The molecule has 0 bridgehead atoms. The van der Waals surface area contributed by atoms with Gasteiger partial charge in [-0.3, -0.25) is 0 Å². The second-order valence-electron chi connectivity index (χ2n) is 10.1. The molecule has 0 atom stereocenters. The number of para-hydroxylation sites is 1. The second-order valence-corrected chi connectivity index (χ2v) is 10.1. The third-order valence-corrected chi connectivity index (χ3v) is 7.34. The van der Waals surface area contributed by atoms with Crippen molar-refractivity contribution in [3.8, 4) is 0 Å². The maximum absolute atomic E-state index is 3.64. The number of benzene rings is 4. The number of rotatable bonds is 5. The van der Waals surface area contributed by atoms with Crippen LogP contribution in [0.1, 0.15) is 36.8 Å². The summed E-state index contributed by atoms with van der Waals surface area (Å²) in [4.78, 5) is 2.16. The van der Waals surface area contributed by atoms with Gasteiger partial charge < -0.3 is 22.6 Å². The van der Waals surface area contributed by atoms with Crippen LogP contribution in [-0.4, -0.2) is 38.5 Å². The number of nitrogens with zero attached hydrogens (tertiary/aromatic N) is 2. The molecule has 0 radical (unpaired) electrons. The lowest BCUT2D eigenvalue weighted by Crippen LogP contribution is -3.00. The molecule has 37 heavy (non-hydrogen) atoms. The van der Waals surface area contributed by atoms with E-state index in [0.717, 1.165) is 37.1 Å². The van der Waals surface area contributed by atoms with Gasteiger partial charge in [0, 0.05) is 49.4 Å². The highest BCUT2D eigenvalue weighted by Gasteiger charge is 2.22. The van der Waals surface area contributed by atoms with Crippen LogP contribution >= 0.6 is 0 Å². The van der Waals surface area contributed by atoms with Crippen molar-refractivity contribution >= 4 is 39.1 Å². The van der Waals surface area contributed by atoms with Crippen molar-refractivity contribution < 1.29 is 17.0 Å². The Balaban J connectivity index is 0.00000320. The molecule has 0 aliphatic heterocycles. The van der Waals surface area contributed by atoms with Gasteiger partial charge in [-0.05, 0) is 65.3 Å². The fraction of sp³-hybridized carbons (Fsp3) is 0.242. The molecular weight excluding hydrogens is 474 g/mol. The Morgan fingerprint density at radius 1 is 0.703 bits per heavy atom. The lowest BCUT2D eigenvalue weighted by molar-refractivity contribution is -0.467. The van der Waals surface area contributed by atoms with E-state index in [1.807, 2.05) is 0 Å². The van der Waals surface area contributed by atoms with E-state index in [9.17, 15) is 0 Å². The van der Waals surface area contributed by atoms with Crippen LogP contribution in [0.25, 0.3) is 16.3 Å². The molecule has 4 aromatic carbocycles. The zero-order valence-electron chi connectivity index (χ0n) is 22.3. The Kier molecular flexibility index (Phi) is 8.35. The molecule has 3 nitrogen and oxygen atoms in total. The fourth-order valence-electron chi connectivity index (χ4n) is 5.32. The first-order valence-electron chi connectivity index (χ1n) is 12.9. The van der Waals surface area contributed by atoms with Gasteiger partial charge in [-0.15, -0.1) is 0 Å². The van der Waals surface area contributed by atoms with Crippen LogP contribution in [0.2, 0.25) is 0 Å². The van der Waals surface area contributed by atoms with Gasteiger partial charge in [0.15, 0.2) is 5.71 Å². The molecule has 0 saturated heterocycles. The predicted molar refractivity (Wildman–Crippen MR) is 156 cm³/mol. The maximum atomic E-state index is 3.64. The van der Waals surface area contributed by atoms with E-state index in [2.05, 4.69) is 134 Å². The summed E-state index contributed by atoms with van der Waals surface area (Å²) in [6, 6.07) is 32.9. The van der Waals surface area contributed by atoms with Crippen molar-refractivity contribution in [2.24, 2.45) is 0 Å². The fourth-order valence-corrected chi connectivity index (χ4v) is 5.32. The molecule has 190 valence electrons. The van der Waals surface area contributed by atoms with Crippen LogP contribution in [-0.2, 0) is 0 Å². The molecule has 0 amide bonds. The largest absolute Gasteiger partial charge is 1.00 e. The summed E-state index contributed by atoms with van der Waals surface area (Å²) in [7, 11) is 8.55. The third kappa shape index (κ3) is 5.73. The van der Waals surface area contributed by atoms with Gasteiger partial charge in [-0.1, -0.05) is 66.2 Å².